The summed E-state index contributed by atoms with van der Waals surface area (Å²) in [5.74, 6) is -0.356. The van der Waals surface area contributed by atoms with E-state index < -0.39 is 0 Å². The number of nitrogen functional groups attached to an aromatic ring is 1. The van der Waals surface area contributed by atoms with Crippen molar-refractivity contribution in [2.24, 2.45) is 0 Å². The first-order valence-electron chi connectivity index (χ1n) is 5.84. The summed E-state index contributed by atoms with van der Waals surface area (Å²) < 4.78 is 6.40. The Labute approximate surface area is 125 Å². The molecule has 0 atom stereocenters. The quantitative estimate of drug-likeness (QED) is 0.513. The van der Waals surface area contributed by atoms with E-state index in [1.54, 1.807) is 12.1 Å². The Morgan fingerprint density at radius 2 is 1.89 bits per heavy atom. The fourth-order valence-corrected chi connectivity index (χ4v) is 1.94. The van der Waals surface area contributed by atoms with Crippen molar-refractivity contribution in [1.29, 1.82) is 0 Å². The fraction of sp³-hybridized carbons (Fsp3) is 0.133. The lowest BCUT2D eigenvalue weighted by Crippen LogP contribution is -2.06. The molecule has 98 valence electrons. The Bertz CT molecular complexity index is 594. The number of nitrogens with two attached hydrogens (primary N) is 1. The van der Waals surface area contributed by atoms with Crippen molar-refractivity contribution in [2.75, 3.05) is 5.73 Å². The van der Waals surface area contributed by atoms with E-state index in [0.29, 0.717) is 11.3 Å². The molecule has 0 aliphatic heterocycles. The smallest absolute Gasteiger partial charge is 0.338 e. The zero-order valence-corrected chi connectivity index (χ0v) is 12.7. The minimum atomic E-state index is -0.356. The zero-order chi connectivity index (χ0) is 13.8. The minimum absolute atomic E-state index is 0.267. The lowest BCUT2D eigenvalue weighted by Gasteiger charge is -2.07. The standard InChI is InChI=1S/C15H14INO2/c1-10-2-5-12(8-14(10)17)15(18)19-9-11-3-6-13(16)7-4-11/h2-8H,9,17H2,1H3. The molecule has 0 radical (unpaired) electrons. The van der Waals surface area contributed by atoms with Gasteiger partial charge >= 0.3 is 5.97 Å². The average molecular weight is 367 g/mol. The molecule has 4 heteroatoms. The van der Waals surface area contributed by atoms with Gasteiger partial charge in [-0.3, -0.25) is 0 Å². The van der Waals surface area contributed by atoms with E-state index in [1.807, 2.05) is 37.3 Å². The van der Waals surface area contributed by atoms with Gasteiger partial charge in [0.25, 0.3) is 0 Å². The van der Waals surface area contributed by atoms with Crippen LogP contribution in [0.3, 0.4) is 0 Å². The van der Waals surface area contributed by atoms with Crippen molar-refractivity contribution in [2.45, 2.75) is 13.5 Å². The Balaban J connectivity index is 2.01. The number of hydrogen-bond donors (Lipinski definition) is 1. The molecule has 0 spiro atoms. The second-order valence-corrected chi connectivity index (χ2v) is 5.52. The van der Waals surface area contributed by atoms with Crippen LogP contribution in [0.1, 0.15) is 21.5 Å². The summed E-state index contributed by atoms with van der Waals surface area (Å²) in [6, 6.07) is 13.0. The highest BCUT2D eigenvalue weighted by atomic mass is 127. The number of rotatable bonds is 3. The molecule has 0 saturated heterocycles. The lowest BCUT2D eigenvalue weighted by molar-refractivity contribution is 0.0473. The van der Waals surface area contributed by atoms with Crippen molar-refractivity contribution in [3.8, 4) is 0 Å². The number of ether oxygens (including phenoxy) is 1. The predicted molar refractivity (Wildman–Crippen MR) is 83.9 cm³/mol. The fourth-order valence-electron chi connectivity index (χ4n) is 1.58. The van der Waals surface area contributed by atoms with Crippen LogP contribution in [0.2, 0.25) is 0 Å². The van der Waals surface area contributed by atoms with Gasteiger partial charge in [-0.25, -0.2) is 4.79 Å². The van der Waals surface area contributed by atoms with Crippen LogP contribution < -0.4 is 5.73 Å². The maximum atomic E-state index is 11.9. The third-order valence-corrected chi connectivity index (χ3v) is 3.52. The topological polar surface area (TPSA) is 52.3 Å². The first-order valence-corrected chi connectivity index (χ1v) is 6.92. The third kappa shape index (κ3) is 3.70. The van der Waals surface area contributed by atoms with Gasteiger partial charge in [-0.2, -0.15) is 0 Å². The molecule has 2 N–H and O–H groups in total. The monoisotopic (exact) mass is 367 g/mol. The van der Waals surface area contributed by atoms with Gasteiger partial charge in [0.2, 0.25) is 0 Å². The van der Waals surface area contributed by atoms with Gasteiger partial charge in [0, 0.05) is 9.26 Å². The molecule has 0 aliphatic carbocycles. The summed E-state index contributed by atoms with van der Waals surface area (Å²) in [6.45, 7) is 2.17. The average Bonchev–Trinajstić information content (AvgIpc) is 2.41. The highest BCUT2D eigenvalue weighted by Crippen LogP contribution is 2.15. The van der Waals surface area contributed by atoms with Crippen LogP contribution in [0, 0.1) is 10.5 Å². The molecule has 3 nitrogen and oxygen atoms in total. The molecule has 0 saturated carbocycles. The molecule has 2 rings (SSSR count). The molecular weight excluding hydrogens is 353 g/mol. The summed E-state index contributed by atoms with van der Waals surface area (Å²) in [6.07, 6.45) is 0. The largest absolute Gasteiger partial charge is 0.457 e. The van der Waals surface area contributed by atoms with Crippen molar-refractivity contribution in [1.82, 2.24) is 0 Å². The van der Waals surface area contributed by atoms with Crippen LogP contribution in [-0.4, -0.2) is 5.97 Å². The van der Waals surface area contributed by atoms with E-state index in [2.05, 4.69) is 22.6 Å². The second-order valence-electron chi connectivity index (χ2n) is 4.27. The van der Waals surface area contributed by atoms with E-state index in [4.69, 9.17) is 10.5 Å². The van der Waals surface area contributed by atoms with Gasteiger partial charge in [0.05, 0.1) is 5.56 Å². The van der Waals surface area contributed by atoms with Gasteiger partial charge in [-0.05, 0) is 64.9 Å². The van der Waals surface area contributed by atoms with Crippen LogP contribution in [0.5, 0.6) is 0 Å². The van der Waals surface area contributed by atoms with Gasteiger partial charge in [0.1, 0.15) is 6.61 Å². The van der Waals surface area contributed by atoms with Gasteiger partial charge < -0.3 is 10.5 Å². The number of esters is 1. The molecule has 0 heterocycles. The molecule has 2 aromatic rings. The first-order chi connectivity index (χ1) is 9.06. The van der Waals surface area contributed by atoms with Crippen molar-refractivity contribution >= 4 is 34.2 Å². The van der Waals surface area contributed by atoms with Crippen molar-refractivity contribution < 1.29 is 9.53 Å². The molecule has 19 heavy (non-hydrogen) atoms. The van der Waals surface area contributed by atoms with Crippen LogP contribution in [0.25, 0.3) is 0 Å². The van der Waals surface area contributed by atoms with Crippen molar-refractivity contribution in [3.63, 3.8) is 0 Å². The van der Waals surface area contributed by atoms with Crippen LogP contribution in [0.4, 0.5) is 5.69 Å². The number of halogens is 1. The number of benzene rings is 2. The summed E-state index contributed by atoms with van der Waals surface area (Å²) >= 11 is 2.23. The molecule has 0 fully saturated rings. The summed E-state index contributed by atoms with van der Waals surface area (Å²) in [5.41, 5.74) is 8.77. The Kier molecular flexibility index (Phi) is 4.42. The third-order valence-electron chi connectivity index (χ3n) is 2.80. The Morgan fingerprint density at radius 1 is 1.21 bits per heavy atom. The number of aryl methyl sites for hydroxylation is 1. The van der Waals surface area contributed by atoms with Crippen molar-refractivity contribution in [3.05, 3.63) is 62.7 Å². The van der Waals surface area contributed by atoms with Crippen LogP contribution >= 0.6 is 22.6 Å². The SMILES string of the molecule is Cc1ccc(C(=O)OCc2ccc(I)cc2)cc1N. The van der Waals surface area contributed by atoms with Gasteiger partial charge in [-0.15, -0.1) is 0 Å². The van der Waals surface area contributed by atoms with Crippen LogP contribution in [0.15, 0.2) is 42.5 Å². The second kappa shape index (κ2) is 6.06. The van der Waals surface area contributed by atoms with E-state index in [9.17, 15) is 4.79 Å². The van der Waals surface area contributed by atoms with Crippen LogP contribution in [-0.2, 0) is 11.3 Å². The van der Waals surface area contributed by atoms with E-state index in [0.717, 1.165) is 14.7 Å². The molecule has 0 aliphatic rings. The summed E-state index contributed by atoms with van der Waals surface area (Å²) in [5, 5.41) is 0. The molecule has 0 bridgehead atoms. The number of carbonyl (C=O) groups excluding carboxylic acids is 1. The minimum Gasteiger partial charge on any atom is -0.457 e. The summed E-state index contributed by atoms with van der Waals surface area (Å²) in [4.78, 5) is 11.9. The van der Waals surface area contributed by atoms with E-state index >= 15 is 0 Å². The number of hydrogen-bond acceptors (Lipinski definition) is 3. The summed E-state index contributed by atoms with van der Waals surface area (Å²) in [7, 11) is 0. The highest BCUT2D eigenvalue weighted by molar-refractivity contribution is 14.1. The Morgan fingerprint density at radius 3 is 2.53 bits per heavy atom. The molecule has 0 amide bonds. The molecule has 0 aromatic heterocycles. The molecular formula is C15H14INO2. The maximum absolute atomic E-state index is 11.9. The first kappa shape index (κ1) is 13.9. The van der Waals surface area contributed by atoms with E-state index in [1.165, 1.54) is 0 Å². The highest BCUT2D eigenvalue weighted by Gasteiger charge is 2.08. The molecule has 2 aromatic carbocycles. The molecule has 0 unspecified atom stereocenters. The number of anilines is 1. The maximum Gasteiger partial charge on any atom is 0.338 e. The number of carbonyl (C=O) groups is 1. The lowest BCUT2D eigenvalue weighted by atomic mass is 10.1. The normalized spacial score (nSPS) is 10.2. The predicted octanol–water partition coefficient (Wildman–Crippen LogP) is 3.54. The van der Waals surface area contributed by atoms with E-state index in [-0.39, 0.29) is 12.6 Å². The van der Waals surface area contributed by atoms with Gasteiger partial charge in [0.15, 0.2) is 0 Å². The zero-order valence-electron chi connectivity index (χ0n) is 10.5. The van der Waals surface area contributed by atoms with Gasteiger partial charge in [-0.1, -0.05) is 18.2 Å². The Hall–Kier alpha value is -1.56.